The Hall–Kier alpha value is -2.31. The van der Waals surface area contributed by atoms with Crippen LogP contribution in [0.1, 0.15) is 24.1 Å². The summed E-state index contributed by atoms with van der Waals surface area (Å²) in [6.07, 6.45) is 2.87. The average Bonchev–Trinajstić information content (AvgIpc) is 2.62. The number of hydrogen-bond acceptors (Lipinski definition) is 4. The summed E-state index contributed by atoms with van der Waals surface area (Å²) in [6, 6.07) is 11.7. The van der Waals surface area contributed by atoms with Gasteiger partial charge < -0.3 is 15.3 Å². The Morgan fingerprint density at radius 2 is 2.04 bits per heavy atom. The zero-order valence-corrected chi connectivity index (χ0v) is 14.0. The third-order valence-corrected chi connectivity index (χ3v) is 4.44. The topological polar surface area (TPSA) is 65.5 Å². The fourth-order valence-electron chi connectivity index (χ4n) is 3.09. The standard InChI is InChI=1S/C19H22FN3O2/c20-16-7-5-15(6-8-16)13-23-11-3-9-19(25,18(23)24)14-21-12-17-4-1-2-10-22-17/h1-2,4-8,10,21,25H,3,9,11-14H2. The van der Waals surface area contributed by atoms with Gasteiger partial charge >= 0.3 is 0 Å². The second kappa shape index (κ2) is 7.72. The van der Waals surface area contributed by atoms with Gasteiger partial charge in [0.15, 0.2) is 5.60 Å². The van der Waals surface area contributed by atoms with Crippen LogP contribution in [0.5, 0.6) is 0 Å². The van der Waals surface area contributed by atoms with Gasteiger partial charge in [0.25, 0.3) is 5.91 Å². The van der Waals surface area contributed by atoms with Crippen LogP contribution >= 0.6 is 0 Å². The van der Waals surface area contributed by atoms with Crippen molar-refractivity contribution < 1.29 is 14.3 Å². The number of aromatic nitrogens is 1. The van der Waals surface area contributed by atoms with Crippen molar-refractivity contribution in [2.75, 3.05) is 13.1 Å². The number of aliphatic hydroxyl groups is 1. The van der Waals surface area contributed by atoms with Gasteiger partial charge in [-0.05, 0) is 42.7 Å². The minimum Gasteiger partial charge on any atom is -0.379 e. The van der Waals surface area contributed by atoms with E-state index in [1.54, 1.807) is 23.2 Å². The molecule has 1 aliphatic heterocycles. The molecule has 1 fully saturated rings. The molecule has 0 radical (unpaired) electrons. The maximum absolute atomic E-state index is 13.0. The number of piperidine rings is 1. The van der Waals surface area contributed by atoms with Gasteiger partial charge in [-0.1, -0.05) is 18.2 Å². The molecule has 1 aromatic heterocycles. The zero-order valence-electron chi connectivity index (χ0n) is 14.0. The predicted molar refractivity (Wildman–Crippen MR) is 91.9 cm³/mol. The molecule has 1 aromatic carbocycles. The Kier molecular flexibility index (Phi) is 5.40. The van der Waals surface area contributed by atoms with Gasteiger partial charge in [-0.15, -0.1) is 0 Å². The van der Waals surface area contributed by atoms with E-state index in [9.17, 15) is 14.3 Å². The van der Waals surface area contributed by atoms with Gasteiger partial charge in [0, 0.05) is 32.4 Å². The van der Waals surface area contributed by atoms with E-state index in [4.69, 9.17) is 0 Å². The molecule has 0 saturated carbocycles. The normalized spacial score (nSPS) is 20.7. The summed E-state index contributed by atoms with van der Waals surface area (Å²) in [5.74, 6) is -0.583. The van der Waals surface area contributed by atoms with E-state index in [0.29, 0.717) is 26.1 Å². The molecule has 5 nitrogen and oxygen atoms in total. The Balaban J connectivity index is 1.59. The van der Waals surface area contributed by atoms with Gasteiger partial charge in [0.05, 0.1) is 5.69 Å². The molecule has 25 heavy (non-hydrogen) atoms. The Labute approximate surface area is 146 Å². The number of benzene rings is 1. The first kappa shape index (κ1) is 17.5. The van der Waals surface area contributed by atoms with Crippen LogP contribution in [-0.4, -0.2) is 39.6 Å². The quantitative estimate of drug-likeness (QED) is 0.840. The molecule has 132 valence electrons. The number of halogens is 1. The molecule has 1 atom stereocenters. The highest BCUT2D eigenvalue weighted by atomic mass is 19.1. The second-order valence-electron chi connectivity index (χ2n) is 6.41. The molecule has 1 saturated heterocycles. The van der Waals surface area contributed by atoms with Crippen molar-refractivity contribution in [1.82, 2.24) is 15.2 Å². The zero-order chi connectivity index (χ0) is 17.7. The average molecular weight is 343 g/mol. The van der Waals surface area contributed by atoms with Gasteiger partial charge in [-0.3, -0.25) is 9.78 Å². The third-order valence-electron chi connectivity index (χ3n) is 4.44. The van der Waals surface area contributed by atoms with Crippen molar-refractivity contribution in [2.24, 2.45) is 0 Å². The van der Waals surface area contributed by atoms with Crippen molar-refractivity contribution in [3.63, 3.8) is 0 Å². The summed E-state index contributed by atoms with van der Waals surface area (Å²) < 4.78 is 13.0. The molecule has 6 heteroatoms. The summed E-state index contributed by atoms with van der Waals surface area (Å²) in [6.45, 7) is 1.65. The second-order valence-corrected chi connectivity index (χ2v) is 6.41. The monoisotopic (exact) mass is 343 g/mol. The van der Waals surface area contributed by atoms with E-state index in [1.165, 1.54) is 12.1 Å². The van der Waals surface area contributed by atoms with E-state index in [2.05, 4.69) is 10.3 Å². The minimum absolute atomic E-state index is 0.183. The largest absolute Gasteiger partial charge is 0.379 e. The summed E-state index contributed by atoms with van der Waals surface area (Å²) >= 11 is 0. The highest BCUT2D eigenvalue weighted by molar-refractivity contribution is 5.86. The molecule has 2 heterocycles. The Morgan fingerprint density at radius 3 is 2.76 bits per heavy atom. The molecule has 2 N–H and O–H groups in total. The van der Waals surface area contributed by atoms with Crippen LogP contribution in [0.25, 0.3) is 0 Å². The molecule has 1 amide bonds. The Morgan fingerprint density at radius 1 is 1.24 bits per heavy atom. The van der Waals surface area contributed by atoms with E-state index >= 15 is 0 Å². The third kappa shape index (κ3) is 4.41. The molecule has 0 bridgehead atoms. The molecule has 1 unspecified atom stereocenters. The summed E-state index contributed by atoms with van der Waals surface area (Å²) in [4.78, 5) is 18.6. The molecule has 0 aliphatic carbocycles. The van der Waals surface area contributed by atoms with Crippen molar-refractivity contribution >= 4 is 5.91 Å². The molecule has 3 rings (SSSR count). The number of nitrogens with one attached hydrogen (secondary N) is 1. The highest BCUT2D eigenvalue weighted by Crippen LogP contribution is 2.24. The molecule has 0 spiro atoms. The molecule has 2 aromatic rings. The van der Waals surface area contributed by atoms with E-state index in [-0.39, 0.29) is 18.3 Å². The SMILES string of the molecule is O=C1N(Cc2ccc(F)cc2)CCCC1(O)CNCc1ccccn1. The van der Waals surface area contributed by atoms with Crippen LogP contribution in [0.2, 0.25) is 0 Å². The summed E-state index contributed by atoms with van der Waals surface area (Å²) in [5, 5.41) is 13.9. The smallest absolute Gasteiger partial charge is 0.256 e. The maximum Gasteiger partial charge on any atom is 0.256 e. The minimum atomic E-state index is -1.41. The lowest BCUT2D eigenvalue weighted by Crippen LogP contribution is -2.57. The number of hydrogen-bond donors (Lipinski definition) is 2. The first-order chi connectivity index (χ1) is 12.1. The summed E-state index contributed by atoms with van der Waals surface area (Å²) in [5.41, 5.74) is 0.297. The van der Waals surface area contributed by atoms with Gasteiger partial charge in [-0.25, -0.2) is 4.39 Å². The maximum atomic E-state index is 13.0. The van der Waals surface area contributed by atoms with Crippen LogP contribution in [0.15, 0.2) is 48.7 Å². The fourth-order valence-corrected chi connectivity index (χ4v) is 3.09. The van der Waals surface area contributed by atoms with E-state index in [0.717, 1.165) is 17.7 Å². The number of nitrogens with zero attached hydrogens (tertiary/aromatic N) is 2. The first-order valence-electron chi connectivity index (χ1n) is 8.44. The molecular weight excluding hydrogens is 321 g/mol. The van der Waals surface area contributed by atoms with Crippen molar-refractivity contribution in [1.29, 1.82) is 0 Å². The van der Waals surface area contributed by atoms with Crippen LogP contribution in [0.4, 0.5) is 4.39 Å². The number of pyridine rings is 1. The van der Waals surface area contributed by atoms with Crippen LogP contribution in [0, 0.1) is 5.82 Å². The lowest BCUT2D eigenvalue weighted by atomic mass is 9.91. The van der Waals surface area contributed by atoms with Gasteiger partial charge in [0.2, 0.25) is 0 Å². The van der Waals surface area contributed by atoms with Crippen LogP contribution < -0.4 is 5.32 Å². The van der Waals surface area contributed by atoms with Crippen LogP contribution in [0.3, 0.4) is 0 Å². The summed E-state index contributed by atoms with van der Waals surface area (Å²) in [7, 11) is 0. The Bertz CT molecular complexity index is 708. The van der Waals surface area contributed by atoms with E-state index in [1.807, 2.05) is 18.2 Å². The van der Waals surface area contributed by atoms with Gasteiger partial charge in [0.1, 0.15) is 5.82 Å². The predicted octanol–water partition coefficient (Wildman–Crippen LogP) is 1.86. The molecular formula is C19H22FN3O2. The number of carbonyl (C=O) groups excluding carboxylic acids is 1. The highest BCUT2D eigenvalue weighted by Gasteiger charge is 2.41. The fraction of sp³-hybridized carbons (Fsp3) is 0.368. The molecule has 1 aliphatic rings. The number of likely N-dealkylation sites (tertiary alicyclic amines) is 1. The van der Waals surface area contributed by atoms with Crippen molar-refractivity contribution in [3.8, 4) is 0 Å². The lowest BCUT2D eigenvalue weighted by molar-refractivity contribution is -0.157. The van der Waals surface area contributed by atoms with Crippen LogP contribution in [-0.2, 0) is 17.9 Å². The van der Waals surface area contributed by atoms with Crippen molar-refractivity contribution in [3.05, 3.63) is 65.7 Å². The van der Waals surface area contributed by atoms with Gasteiger partial charge in [-0.2, -0.15) is 0 Å². The van der Waals surface area contributed by atoms with Crippen molar-refractivity contribution in [2.45, 2.75) is 31.5 Å². The number of amides is 1. The number of rotatable bonds is 6. The lowest BCUT2D eigenvalue weighted by Gasteiger charge is -2.38. The van der Waals surface area contributed by atoms with E-state index < -0.39 is 5.60 Å². The first-order valence-corrected chi connectivity index (χ1v) is 8.44. The number of carbonyl (C=O) groups is 1.